The lowest BCUT2D eigenvalue weighted by atomic mass is 9.99. The minimum atomic E-state index is -0.465. The van der Waals surface area contributed by atoms with Crippen LogP contribution in [-0.4, -0.2) is 33.8 Å². The highest BCUT2D eigenvalue weighted by molar-refractivity contribution is 5.95. The van der Waals surface area contributed by atoms with Crippen LogP contribution in [0, 0.1) is 15.9 Å². The molecule has 2 heterocycles. The quantitative estimate of drug-likeness (QED) is 0.403. The second-order valence-corrected chi connectivity index (χ2v) is 6.81. The maximum atomic E-state index is 13.4. The summed E-state index contributed by atoms with van der Waals surface area (Å²) in [4.78, 5) is 27.9. The zero-order chi connectivity index (χ0) is 20.4. The average Bonchev–Trinajstić information content (AvgIpc) is 3.15. The number of benzene rings is 2. The van der Waals surface area contributed by atoms with E-state index in [2.05, 4.69) is 4.98 Å². The number of carbonyl (C=O) groups excluding carboxylic acids is 1. The highest BCUT2D eigenvalue weighted by Crippen LogP contribution is 2.29. The number of hydrogen-bond acceptors (Lipinski definition) is 3. The molecular weight excluding hydrogens is 373 g/mol. The largest absolute Gasteiger partial charge is 0.360 e. The van der Waals surface area contributed by atoms with Crippen molar-refractivity contribution in [1.82, 2.24) is 9.88 Å². The fraction of sp³-hybridized carbons (Fsp3) is 0.136. The number of amides is 1. The zero-order valence-electron chi connectivity index (χ0n) is 15.5. The molecule has 6 nitrogen and oxygen atoms in total. The Kier molecular flexibility index (Phi) is 4.95. The Hall–Kier alpha value is -3.74. The van der Waals surface area contributed by atoms with Crippen molar-refractivity contribution >= 4 is 34.1 Å². The number of rotatable bonds is 4. The maximum Gasteiger partial charge on any atom is 0.276 e. The highest BCUT2D eigenvalue weighted by atomic mass is 19.1. The number of nitrogens with zero attached hydrogens (tertiary/aromatic N) is 2. The predicted molar refractivity (Wildman–Crippen MR) is 110 cm³/mol. The number of halogens is 1. The number of carbonyl (C=O) groups is 1. The van der Waals surface area contributed by atoms with Crippen LogP contribution in [0.5, 0.6) is 0 Å². The molecule has 0 atom stereocenters. The van der Waals surface area contributed by atoms with E-state index in [9.17, 15) is 19.3 Å². The third-order valence-electron chi connectivity index (χ3n) is 5.05. The van der Waals surface area contributed by atoms with Gasteiger partial charge in [-0.3, -0.25) is 14.9 Å². The first-order valence-corrected chi connectivity index (χ1v) is 9.19. The van der Waals surface area contributed by atoms with Crippen molar-refractivity contribution < 1.29 is 14.1 Å². The molecule has 1 aliphatic heterocycles. The van der Waals surface area contributed by atoms with Crippen molar-refractivity contribution in [2.75, 3.05) is 13.1 Å². The fourth-order valence-electron chi connectivity index (χ4n) is 3.54. The van der Waals surface area contributed by atoms with E-state index < -0.39 is 4.92 Å². The van der Waals surface area contributed by atoms with Crippen molar-refractivity contribution in [3.05, 3.63) is 87.9 Å². The number of nitro groups is 1. The van der Waals surface area contributed by atoms with Gasteiger partial charge in [0.25, 0.3) is 5.69 Å². The van der Waals surface area contributed by atoms with Gasteiger partial charge in [0.15, 0.2) is 0 Å². The molecule has 0 saturated heterocycles. The molecule has 7 heteroatoms. The van der Waals surface area contributed by atoms with Gasteiger partial charge >= 0.3 is 0 Å². The number of fused-ring (bicyclic) bond motifs is 1. The molecule has 4 rings (SSSR count). The Morgan fingerprint density at radius 3 is 2.83 bits per heavy atom. The van der Waals surface area contributed by atoms with E-state index in [1.807, 2.05) is 12.3 Å². The first-order valence-electron chi connectivity index (χ1n) is 9.19. The number of H-pyrrole nitrogens is 1. The van der Waals surface area contributed by atoms with Crippen molar-refractivity contribution in [3.8, 4) is 0 Å². The van der Waals surface area contributed by atoms with Crippen LogP contribution in [0.2, 0.25) is 0 Å². The molecule has 29 heavy (non-hydrogen) atoms. The van der Waals surface area contributed by atoms with Crippen LogP contribution in [0.3, 0.4) is 0 Å². The van der Waals surface area contributed by atoms with Crippen LogP contribution in [0.25, 0.3) is 22.6 Å². The Morgan fingerprint density at radius 1 is 1.24 bits per heavy atom. The minimum absolute atomic E-state index is 0.0341. The molecule has 2 aromatic carbocycles. The summed E-state index contributed by atoms with van der Waals surface area (Å²) in [5.41, 5.74) is 3.22. The van der Waals surface area contributed by atoms with Gasteiger partial charge in [0.05, 0.1) is 10.5 Å². The van der Waals surface area contributed by atoms with E-state index >= 15 is 0 Å². The minimum Gasteiger partial charge on any atom is -0.360 e. The van der Waals surface area contributed by atoms with Crippen molar-refractivity contribution in [3.63, 3.8) is 0 Å². The van der Waals surface area contributed by atoms with Crippen molar-refractivity contribution in [2.45, 2.75) is 6.42 Å². The zero-order valence-corrected chi connectivity index (χ0v) is 15.5. The van der Waals surface area contributed by atoms with E-state index in [-0.39, 0.29) is 17.4 Å². The average molecular weight is 391 g/mol. The first kappa shape index (κ1) is 18.6. The topological polar surface area (TPSA) is 79.2 Å². The molecule has 0 radical (unpaired) electrons. The molecule has 1 amide bonds. The number of hydrogen-bond donors (Lipinski definition) is 1. The van der Waals surface area contributed by atoms with Gasteiger partial charge < -0.3 is 9.88 Å². The van der Waals surface area contributed by atoms with Crippen LogP contribution in [0.15, 0.2) is 60.8 Å². The van der Waals surface area contributed by atoms with Crippen LogP contribution >= 0.6 is 0 Å². The molecule has 1 aromatic heterocycles. The third kappa shape index (κ3) is 3.80. The highest BCUT2D eigenvalue weighted by Gasteiger charge is 2.18. The van der Waals surface area contributed by atoms with Gasteiger partial charge in [0, 0.05) is 47.9 Å². The van der Waals surface area contributed by atoms with E-state index in [0.29, 0.717) is 25.1 Å². The molecule has 0 fully saturated rings. The number of aromatic nitrogens is 1. The van der Waals surface area contributed by atoms with Crippen LogP contribution in [-0.2, 0) is 4.79 Å². The van der Waals surface area contributed by atoms with Crippen molar-refractivity contribution in [2.24, 2.45) is 0 Å². The standard InChI is InChI=1S/C22H18FN3O3/c23-17-6-7-18-19(14-24-20(18)13-17)15-9-11-25(12-10-15)22(27)8-5-16-3-1-2-4-21(16)26(28)29/h1-9,13-14,24H,10-12H2/b8-5+. The Bertz CT molecular complexity index is 1160. The van der Waals surface area contributed by atoms with Gasteiger partial charge in [0.1, 0.15) is 5.82 Å². The summed E-state index contributed by atoms with van der Waals surface area (Å²) in [6.45, 7) is 0.989. The summed E-state index contributed by atoms with van der Waals surface area (Å²) in [6.07, 6.45) is 7.38. The lowest BCUT2D eigenvalue weighted by molar-refractivity contribution is -0.385. The van der Waals surface area contributed by atoms with Crippen LogP contribution in [0.4, 0.5) is 10.1 Å². The lowest BCUT2D eigenvalue weighted by Crippen LogP contribution is -2.33. The molecule has 1 aliphatic rings. The Labute approximate surface area is 166 Å². The van der Waals surface area contributed by atoms with E-state index in [0.717, 1.165) is 22.0 Å². The van der Waals surface area contributed by atoms with Crippen LogP contribution in [0.1, 0.15) is 17.5 Å². The second kappa shape index (κ2) is 7.71. The van der Waals surface area contributed by atoms with Gasteiger partial charge in [-0.1, -0.05) is 18.2 Å². The van der Waals surface area contributed by atoms with Gasteiger partial charge in [-0.05, 0) is 42.3 Å². The van der Waals surface area contributed by atoms with Gasteiger partial charge in [-0.15, -0.1) is 0 Å². The number of nitro benzene ring substituents is 1. The van der Waals surface area contributed by atoms with Crippen molar-refractivity contribution in [1.29, 1.82) is 0 Å². The molecule has 0 aliphatic carbocycles. The summed E-state index contributed by atoms with van der Waals surface area (Å²) in [5, 5.41) is 12.0. The fourth-order valence-corrected chi connectivity index (χ4v) is 3.54. The number of para-hydroxylation sites is 1. The van der Waals surface area contributed by atoms with E-state index in [1.165, 1.54) is 30.4 Å². The monoisotopic (exact) mass is 391 g/mol. The normalized spacial score (nSPS) is 14.4. The van der Waals surface area contributed by atoms with Crippen LogP contribution < -0.4 is 0 Å². The third-order valence-corrected chi connectivity index (χ3v) is 5.05. The number of nitrogens with one attached hydrogen (secondary N) is 1. The maximum absolute atomic E-state index is 13.4. The van der Waals surface area contributed by atoms with E-state index in [4.69, 9.17) is 0 Å². The van der Waals surface area contributed by atoms with E-state index in [1.54, 1.807) is 29.2 Å². The van der Waals surface area contributed by atoms with Gasteiger partial charge in [0.2, 0.25) is 5.91 Å². The lowest BCUT2D eigenvalue weighted by Gasteiger charge is -2.25. The SMILES string of the molecule is O=C(/C=C/c1ccccc1[N+](=O)[O-])N1CC=C(c2c[nH]c3cc(F)ccc23)CC1. The Balaban J connectivity index is 1.48. The molecular formula is C22H18FN3O3. The molecule has 1 N–H and O–H groups in total. The first-order chi connectivity index (χ1) is 14.0. The smallest absolute Gasteiger partial charge is 0.276 e. The summed E-state index contributed by atoms with van der Waals surface area (Å²) >= 11 is 0. The van der Waals surface area contributed by atoms with Gasteiger partial charge in [-0.2, -0.15) is 0 Å². The molecule has 3 aromatic rings. The molecule has 0 bridgehead atoms. The predicted octanol–water partition coefficient (Wildman–Crippen LogP) is 4.54. The number of aromatic amines is 1. The van der Waals surface area contributed by atoms with Gasteiger partial charge in [-0.25, -0.2) is 4.39 Å². The Morgan fingerprint density at radius 2 is 2.07 bits per heavy atom. The summed E-state index contributed by atoms with van der Waals surface area (Å²) < 4.78 is 13.4. The molecule has 146 valence electrons. The molecule has 0 unspecified atom stereocenters. The summed E-state index contributed by atoms with van der Waals surface area (Å²) in [7, 11) is 0. The summed E-state index contributed by atoms with van der Waals surface area (Å²) in [5.74, 6) is -0.481. The molecule has 0 spiro atoms. The summed E-state index contributed by atoms with van der Waals surface area (Å²) in [6, 6.07) is 11.0. The molecule has 0 saturated carbocycles. The second-order valence-electron chi connectivity index (χ2n) is 6.81.